The van der Waals surface area contributed by atoms with Crippen molar-refractivity contribution in [2.75, 3.05) is 6.79 Å². The van der Waals surface area contributed by atoms with Crippen LogP contribution in [-0.2, 0) is 44.4 Å². The first kappa shape index (κ1) is 30.1. The zero-order valence-electron chi connectivity index (χ0n) is 21.7. The van der Waals surface area contributed by atoms with Crippen LogP contribution in [0, 0.1) is 0 Å². The van der Waals surface area contributed by atoms with Crippen molar-refractivity contribution < 1.29 is 41.6 Å². The Labute approximate surface area is 229 Å². The second kappa shape index (κ2) is 11.6. The van der Waals surface area contributed by atoms with Crippen LogP contribution in [0.3, 0.4) is 0 Å². The molecule has 4 rings (SSSR count). The summed E-state index contributed by atoms with van der Waals surface area (Å²) in [5, 5.41) is 4.15. The van der Waals surface area contributed by atoms with Gasteiger partial charge in [0.05, 0.1) is 29.6 Å². The van der Waals surface area contributed by atoms with Crippen molar-refractivity contribution in [3.8, 4) is 0 Å². The van der Waals surface area contributed by atoms with Gasteiger partial charge in [-0.2, -0.15) is 18.3 Å². The second-order valence-electron chi connectivity index (χ2n) is 8.98. The molecule has 0 bridgehead atoms. The summed E-state index contributed by atoms with van der Waals surface area (Å²) in [6.45, 7) is 2.34. The smallest absolute Gasteiger partial charge is 0.437 e. The van der Waals surface area contributed by atoms with E-state index in [2.05, 4.69) is 14.6 Å². The average Bonchev–Trinajstić information content (AvgIpc) is 3.51. The summed E-state index contributed by atoms with van der Waals surface area (Å²) < 4.78 is 63.0. The maximum Gasteiger partial charge on any atom is 0.472 e. The molecule has 0 amide bonds. The Kier molecular flexibility index (Phi) is 8.49. The minimum absolute atomic E-state index is 0.0515. The third-order valence-corrected chi connectivity index (χ3v) is 6.61. The summed E-state index contributed by atoms with van der Waals surface area (Å²) in [4.78, 5) is 61.9. The molecule has 2 N–H and O–H groups in total. The van der Waals surface area contributed by atoms with Gasteiger partial charge in [-0.25, -0.2) is 18.9 Å². The number of halogens is 3. The molecule has 17 heteroatoms. The molecule has 13 nitrogen and oxygen atoms in total. The quantitative estimate of drug-likeness (QED) is 0.202. The number of benzene rings is 1. The van der Waals surface area contributed by atoms with Crippen LogP contribution >= 0.6 is 7.82 Å². The van der Waals surface area contributed by atoms with E-state index in [0.29, 0.717) is 12.0 Å². The largest absolute Gasteiger partial charge is 0.472 e. The Bertz CT molecular complexity index is 1670. The van der Waals surface area contributed by atoms with Gasteiger partial charge in [0.15, 0.2) is 0 Å². The van der Waals surface area contributed by atoms with Gasteiger partial charge in [-0.15, -0.1) is 0 Å². The lowest BCUT2D eigenvalue weighted by Gasteiger charge is -2.16. The maximum atomic E-state index is 13.4. The number of nitrogens with zero attached hydrogens (tertiary/aromatic N) is 5. The van der Waals surface area contributed by atoms with Gasteiger partial charge < -0.3 is 14.5 Å². The number of aliphatic imine (C=N–C) groups is 1. The number of aromatic nitrogens is 4. The van der Waals surface area contributed by atoms with E-state index in [-0.39, 0.29) is 42.3 Å². The molecule has 3 heterocycles. The van der Waals surface area contributed by atoms with Crippen LogP contribution in [0.5, 0.6) is 0 Å². The SMILES string of the molecule is CCCn1c(=O)c2c(n(CC)c1=O)N=C(c1cnn(Cc3cccc(C(F)(F)F)c3)c1)C2C(=O)OCOP(=O)(O)O. The summed E-state index contributed by atoms with van der Waals surface area (Å²) in [7, 11) is -4.99. The number of carbonyl (C=O) groups is 1. The van der Waals surface area contributed by atoms with Crippen molar-refractivity contribution in [2.24, 2.45) is 4.99 Å². The number of carbonyl (C=O) groups excluding carboxylic acids is 1. The monoisotopic (exact) mass is 599 g/mol. The fourth-order valence-corrected chi connectivity index (χ4v) is 4.61. The number of hydrogen-bond donors (Lipinski definition) is 2. The van der Waals surface area contributed by atoms with Crippen molar-refractivity contribution in [3.05, 3.63) is 79.8 Å². The maximum absolute atomic E-state index is 13.4. The van der Waals surface area contributed by atoms with Crippen LogP contribution in [0.25, 0.3) is 0 Å². The first-order chi connectivity index (χ1) is 19.2. The second-order valence-corrected chi connectivity index (χ2v) is 10.2. The number of rotatable bonds is 10. The van der Waals surface area contributed by atoms with E-state index in [9.17, 15) is 32.1 Å². The Morgan fingerprint density at radius 3 is 2.54 bits per heavy atom. The molecule has 0 radical (unpaired) electrons. The molecule has 0 saturated carbocycles. The van der Waals surface area contributed by atoms with Gasteiger partial charge in [0.1, 0.15) is 11.7 Å². The van der Waals surface area contributed by atoms with Crippen LogP contribution in [0.1, 0.15) is 48.4 Å². The van der Waals surface area contributed by atoms with Gasteiger partial charge in [-0.3, -0.25) is 23.4 Å². The molecular formula is C24H25F3N5O8P. The van der Waals surface area contributed by atoms with Crippen LogP contribution in [0.4, 0.5) is 19.0 Å². The Balaban J connectivity index is 1.76. The van der Waals surface area contributed by atoms with Crippen molar-refractivity contribution in [1.29, 1.82) is 0 Å². The molecule has 220 valence electrons. The molecule has 1 aromatic carbocycles. The molecule has 1 aliphatic rings. The van der Waals surface area contributed by atoms with Crippen molar-refractivity contribution in [2.45, 2.75) is 52.0 Å². The van der Waals surface area contributed by atoms with Gasteiger partial charge in [0.25, 0.3) is 5.56 Å². The van der Waals surface area contributed by atoms with Crippen molar-refractivity contribution >= 4 is 25.3 Å². The van der Waals surface area contributed by atoms with E-state index < -0.39 is 49.5 Å². The lowest BCUT2D eigenvalue weighted by molar-refractivity contribution is -0.150. The topological polar surface area (TPSA) is 167 Å². The first-order valence-electron chi connectivity index (χ1n) is 12.3. The Morgan fingerprint density at radius 2 is 1.90 bits per heavy atom. The number of fused-ring (bicyclic) bond motifs is 1. The third-order valence-electron chi connectivity index (χ3n) is 6.17. The molecule has 0 fully saturated rings. The highest BCUT2D eigenvalue weighted by atomic mass is 31.2. The van der Waals surface area contributed by atoms with Gasteiger partial charge in [-0.1, -0.05) is 19.1 Å². The van der Waals surface area contributed by atoms with E-state index in [1.807, 2.05) is 0 Å². The number of phosphoric acid groups is 1. The highest BCUT2D eigenvalue weighted by molar-refractivity contribution is 7.46. The van der Waals surface area contributed by atoms with Crippen molar-refractivity contribution in [1.82, 2.24) is 18.9 Å². The lowest BCUT2D eigenvalue weighted by atomic mass is 9.94. The predicted molar refractivity (Wildman–Crippen MR) is 137 cm³/mol. The van der Waals surface area contributed by atoms with Crippen LogP contribution < -0.4 is 11.2 Å². The zero-order chi connectivity index (χ0) is 30.1. The molecular weight excluding hydrogens is 574 g/mol. The molecule has 0 aliphatic carbocycles. The standard InChI is InChI=1S/C24H25F3N5O8P/c1-3-8-32-21(33)18-17(22(34)39-13-40-41(36,37)38)19(29-20(18)31(4-2)23(32)35)15-10-28-30(12-15)11-14-6-5-7-16(9-14)24(25,26)27/h5-7,9-10,12,17H,3-4,8,11,13H2,1-2H3,(H2,36,37,38). The highest BCUT2D eigenvalue weighted by Gasteiger charge is 2.41. The fourth-order valence-electron chi connectivity index (χ4n) is 4.42. The first-order valence-corrected chi connectivity index (χ1v) is 13.8. The van der Waals surface area contributed by atoms with Crippen LogP contribution in [0.15, 0.2) is 51.2 Å². The van der Waals surface area contributed by atoms with E-state index >= 15 is 0 Å². The summed E-state index contributed by atoms with van der Waals surface area (Å²) >= 11 is 0. The van der Waals surface area contributed by atoms with E-state index in [1.54, 1.807) is 13.8 Å². The van der Waals surface area contributed by atoms with Crippen LogP contribution in [-0.4, -0.2) is 47.2 Å². The number of ether oxygens (including phenoxy) is 1. The molecule has 1 aliphatic heterocycles. The van der Waals surface area contributed by atoms with E-state index in [4.69, 9.17) is 14.5 Å². The van der Waals surface area contributed by atoms with Crippen molar-refractivity contribution in [3.63, 3.8) is 0 Å². The fraction of sp³-hybridized carbons (Fsp3) is 0.375. The minimum Gasteiger partial charge on any atom is -0.437 e. The average molecular weight is 599 g/mol. The molecule has 1 atom stereocenters. The summed E-state index contributed by atoms with van der Waals surface area (Å²) in [6.07, 6.45) is -1.43. The van der Waals surface area contributed by atoms with E-state index in [1.165, 1.54) is 33.8 Å². The Morgan fingerprint density at radius 1 is 1.17 bits per heavy atom. The highest BCUT2D eigenvalue weighted by Crippen LogP contribution is 2.38. The summed E-state index contributed by atoms with van der Waals surface area (Å²) in [6, 6.07) is 4.66. The molecule has 3 aromatic rings. The lowest BCUT2D eigenvalue weighted by Crippen LogP contribution is -2.42. The third kappa shape index (κ3) is 6.40. The molecule has 2 aromatic heterocycles. The van der Waals surface area contributed by atoms with E-state index in [0.717, 1.165) is 16.7 Å². The van der Waals surface area contributed by atoms with Gasteiger partial charge in [-0.05, 0) is 31.0 Å². The van der Waals surface area contributed by atoms with Gasteiger partial charge in [0.2, 0.25) is 6.79 Å². The number of esters is 1. The zero-order valence-corrected chi connectivity index (χ0v) is 22.6. The summed E-state index contributed by atoms with van der Waals surface area (Å²) in [5.74, 6) is -2.75. The summed E-state index contributed by atoms with van der Waals surface area (Å²) in [5.41, 5.74) is -2.00. The minimum atomic E-state index is -4.99. The molecule has 0 spiro atoms. The Hall–Kier alpha value is -3.85. The predicted octanol–water partition coefficient (Wildman–Crippen LogP) is 2.53. The van der Waals surface area contributed by atoms with Gasteiger partial charge in [0, 0.05) is 24.8 Å². The number of hydrogen-bond acceptors (Lipinski definition) is 8. The van der Waals surface area contributed by atoms with Gasteiger partial charge >= 0.3 is 25.7 Å². The molecule has 0 saturated heterocycles. The molecule has 41 heavy (non-hydrogen) atoms. The van der Waals surface area contributed by atoms with Crippen LogP contribution in [0.2, 0.25) is 0 Å². The number of alkyl halides is 3. The number of phosphoric ester groups is 1. The normalized spacial score (nSPS) is 15.1. The molecule has 1 unspecified atom stereocenters.